The molecule has 5 nitrogen and oxygen atoms in total. The Morgan fingerprint density at radius 2 is 1.93 bits per heavy atom. The van der Waals surface area contributed by atoms with Crippen molar-refractivity contribution in [1.29, 1.82) is 0 Å². The number of halogens is 1. The molecule has 0 bridgehead atoms. The molecule has 1 aliphatic heterocycles. The SMILES string of the molecule is O=C(/C=C/c1ccccc1)N1CCC[C@@H]1c1nc(-c2ccc(Cl)cc2)no1. The topological polar surface area (TPSA) is 59.2 Å². The molecule has 0 spiro atoms. The van der Waals surface area contributed by atoms with E-state index in [0.29, 0.717) is 23.3 Å². The van der Waals surface area contributed by atoms with Crippen LogP contribution in [-0.2, 0) is 4.79 Å². The zero-order chi connectivity index (χ0) is 18.6. The van der Waals surface area contributed by atoms with E-state index >= 15 is 0 Å². The van der Waals surface area contributed by atoms with Gasteiger partial charge in [0.2, 0.25) is 17.6 Å². The molecule has 1 atom stereocenters. The average Bonchev–Trinajstić information content (AvgIpc) is 3.37. The van der Waals surface area contributed by atoms with Crippen molar-refractivity contribution in [2.45, 2.75) is 18.9 Å². The van der Waals surface area contributed by atoms with Gasteiger partial charge in [0.15, 0.2) is 0 Å². The van der Waals surface area contributed by atoms with Crippen molar-refractivity contribution in [3.8, 4) is 11.4 Å². The number of hydrogen-bond acceptors (Lipinski definition) is 4. The van der Waals surface area contributed by atoms with Gasteiger partial charge >= 0.3 is 0 Å². The van der Waals surface area contributed by atoms with E-state index in [4.69, 9.17) is 16.1 Å². The normalized spacial score (nSPS) is 16.9. The fourth-order valence-electron chi connectivity index (χ4n) is 3.20. The van der Waals surface area contributed by atoms with Crippen molar-refractivity contribution in [3.05, 3.63) is 77.2 Å². The number of aromatic nitrogens is 2. The van der Waals surface area contributed by atoms with E-state index in [1.807, 2.05) is 48.5 Å². The van der Waals surface area contributed by atoms with Gasteiger partial charge in [-0.2, -0.15) is 4.98 Å². The van der Waals surface area contributed by atoms with Crippen molar-refractivity contribution in [2.24, 2.45) is 0 Å². The van der Waals surface area contributed by atoms with E-state index in [1.54, 1.807) is 23.1 Å². The minimum absolute atomic E-state index is 0.0485. The first-order valence-electron chi connectivity index (χ1n) is 8.84. The van der Waals surface area contributed by atoms with E-state index in [2.05, 4.69) is 10.1 Å². The van der Waals surface area contributed by atoms with Crippen LogP contribution < -0.4 is 0 Å². The lowest BCUT2D eigenvalue weighted by Gasteiger charge is -2.20. The fourth-order valence-corrected chi connectivity index (χ4v) is 3.33. The second-order valence-electron chi connectivity index (χ2n) is 6.40. The third-order valence-corrected chi connectivity index (χ3v) is 4.84. The summed E-state index contributed by atoms with van der Waals surface area (Å²) in [4.78, 5) is 18.9. The minimum atomic E-state index is -0.188. The molecule has 136 valence electrons. The monoisotopic (exact) mass is 379 g/mol. The molecule has 3 aromatic rings. The van der Waals surface area contributed by atoms with Crippen LogP contribution in [0.15, 0.2) is 65.2 Å². The van der Waals surface area contributed by atoms with Crippen LogP contribution in [0.2, 0.25) is 5.02 Å². The average molecular weight is 380 g/mol. The lowest BCUT2D eigenvalue weighted by atomic mass is 10.2. The first-order valence-corrected chi connectivity index (χ1v) is 9.22. The number of carbonyl (C=O) groups excluding carboxylic acids is 1. The number of likely N-dealkylation sites (tertiary alicyclic amines) is 1. The Kier molecular flexibility index (Phi) is 5.03. The minimum Gasteiger partial charge on any atom is -0.337 e. The zero-order valence-corrected chi connectivity index (χ0v) is 15.3. The summed E-state index contributed by atoms with van der Waals surface area (Å²) >= 11 is 5.92. The maximum Gasteiger partial charge on any atom is 0.249 e. The molecule has 4 rings (SSSR count). The van der Waals surface area contributed by atoms with E-state index in [9.17, 15) is 4.79 Å². The number of benzene rings is 2. The Balaban J connectivity index is 1.50. The summed E-state index contributed by atoms with van der Waals surface area (Å²) in [5, 5.41) is 4.72. The summed E-state index contributed by atoms with van der Waals surface area (Å²) in [5.41, 5.74) is 1.82. The van der Waals surface area contributed by atoms with Gasteiger partial charge in [-0.15, -0.1) is 0 Å². The molecule has 1 aromatic heterocycles. The number of nitrogens with zero attached hydrogens (tertiary/aromatic N) is 3. The zero-order valence-electron chi connectivity index (χ0n) is 14.6. The molecule has 27 heavy (non-hydrogen) atoms. The van der Waals surface area contributed by atoms with Gasteiger partial charge in [-0.05, 0) is 48.7 Å². The van der Waals surface area contributed by atoms with Gasteiger partial charge in [-0.3, -0.25) is 4.79 Å². The van der Waals surface area contributed by atoms with Crippen molar-refractivity contribution in [2.75, 3.05) is 6.54 Å². The molecule has 1 aliphatic rings. The number of carbonyl (C=O) groups is 1. The molecule has 0 unspecified atom stereocenters. The van der Waals surface area contributed by atoms with E-state index < -0.39 is 0 Å². The van der Waals surface area contributed by atoms with Crippen LogP contribution >= 0.6 is 11.6 Å². The van der Waals surface area contributed by atoms with E-state index in [1.165, 1.54) is 0 Å². The molecule has 1 saturated heterocycles. The highest BCUT2D eigenvalue weighted by atomic mass is 35.5. The summed E-state index contributed by atoms with van der Waals surface area (Å²) in [5.74, 6) is 0.923. The smallest absolute Gasteiger partial charge is 0.249 e. The summed E-state index contributed by atoms with van der Waals surface area (Å²) in [6.45, 7) is 0.682. The number of hydrogen-bond donors (Lipinski definition) is 0. The van der Waals surface area contributed by atoms with Crippen molar-refractivity contribution in [3.63, 3.8) is 0 Å². The predicted octanol–water partition coefficient (Wildman–Crippen LogP) is 4.77. The molecule has 1 fully saturated rings. The molecule has 2 aromatic carbocycles. The molecule has 0 N–H and O–H groups in total. The lowest BCUT2D eigenvalue weighted by molar-refractivity contribution is -0.127. The Morgan fingerprint density at radius 3 is 2.70 bits per heavy atom. The van der Waals surface area contributed by atoms with Crippen LogP contribution in [0.3, 0.4) is 0 Å². The van der Waals surface area contributed by atoms with Gasteiger partial charge in [0.05, 0.1) is 0 Å². The summed E-state index contributed by atoms with van der Waals surface area (Å²) in [6, 6.07) is 16.8. The molecule has 0 saturated carbocycles. The molecule has 1 amide bonds. The highest BCUT2D eigenvalue weighted by molar-refractivity contribution is 6.30. The quantitative estimate of drug-likeness (QED) is 0.613. The molecule has 0 aliphatic carbocycles. The highest BCUT2D eigenvalue weighted by Gasteiger charge is 2.33. The maximum atomic E-state index is 12.7. The fraction of sp³-hybridized carbons (Fsp3) is 0.190. The second-order valence-corrected chi connectivity index (χ2v) is 6.83. The van der Waals surface area contributed by atoms with Crippen LogP contribution in [0.1, 0.15) is 30.3 Å². The summed E-state index contributed by atoms with van der Waals surface area (Å²) < 4.78 is 5.46. The Bertz CT molecular complexity index is 951. The third kappa shape index (κ3) is 3.93. The van der Waals surface area contributed by atoms with Crippen LogP contribution in [0, 0.1) is 0 Å². The Hall–Kier alpha value is -2.92. The van der Waals surface area contributed by atoms with E-state index in [0.717, 1.165) is 24.0 Å². The molecule has 2 heterocycles. The largest absolute Gasteiger partial charge is 0.337 e. The van der Waals surface area contributed by atoms with Crippen molar-refractivity contribution < 1.29 is 9.32 Å². The first kappa shape index (κ1) is 17.5. The van der Waals surface area contributed by atoms with Gasteiger partial charge < -0.3 is 9.42 Å². The summed E-state index contributed by atoms with van der Waals surface area (Å²) in [7, 11) is 0. The Labute approximate surface area is 162 Å². The molecular weight excluding hydrogens is 362 g/mol. The first-order chi connectivity index (χ1) is 13.2. The van der Waals surface area contributed by atoms with Crippen LogP contribution in [0.5, 0.6) is 0 Å². The molecular formula is C21H18ClN3O2. The highest BCUT2D eigenvalue weighted by Crippen LogP contribution is 2.32. The predicted molar refractivity (Wildman–Crippen MR) is 104 cm³/mol. The van der Waals surface area contributed by atoms with E-state index in [-0.39, 0.29) is 11.9 Å². The van der Waals surface area contributed by atoms with Crippen LogP contribution in [0.25, 0.3) is 17.5 Å². The van der Waals surface area contributed by atoms with Crippen molar-refractivity contribution in [1.82, 2.24) is 15.0 Å². The van der Waals surface area contributed by atoms with Gasteiger partial charge in [-0.25, -0.2) is 0 Å². The molecule has 0 radical (unpaired) electrons. The van der Waals surface area contributed by atoms with Crippen LogP contribution in [-0.4, -0.2) is 27.5 Å². The van der Waals surface area contributed by atoms with Crippen LogP contribution in [0.4, 0.5) is 0 Å². The number of rotatable bonds is 4. The third-order valence-electron chi connectivity index (χ3n) is 4.58. The van der Waals surface area contributed by atoms with Gasteiger partial charge in [0.1, 0.15) is 6.04 Å². The van der Waals surface area contributed by atoms with Gasteiger partial charge in [0.25, 0.3) is 0 Å². The van der Waals surface area contributed by atoms with Gasteiger partial charge in [0, 0.05) is 23.2 Å². The standard InChI is InChI=1S/C21H18ClN3O2/c22-17-11-9-16(10-12-17)20-23-21(27-24-20)18-7-4-14-25(18)19(26)13-8-15-5-2-1-3-6-15/h1-3,5-6,8-13,18H,4,7,14H2/b13-8+/t18-/m1/s1. The molecule has 6 heteroatoms. The Morgan fingerprint density at radius 1 is 1.15 bits per heavy atom. The van der Waals surface area contributed by atoms with Crippen molar-refractivity contribution >= 4 is 23.6 Å². The summed E-state index contributed by atoms with van der Waals surface area (Å²) in [6.07, 6.45) is 5.15. The van der Waals surface area contributed by atoms with Gasteiger partial charge in [-0.1, -0.05) is 47.1 Å². The maximum absolute atomic E-state index is 12.7. The number of amides is 1. The second kappa shape index (κ2) is 7.76. The lowest BCUT2D eigenvalue weighted by Crippen LogP contribution is -2.29.